The lowest BCUT2D eigenvalue weighted by Gasteiger charge is -2.23. The van der Waals surface area contributed by atoms with Gasteiger partial charge in [-0.15, -0.1) is 0 Å². The number of carbonyl (C=O) groups is 1. The Balaban J connectivity index is 1.82. The van der Waals surface area contributed by atoms with Crippen molar-refractivity contribution < 1.29 is 13.2 Å². The first kappa shape index (κ1) is 20.8. The molecule has 2 amide bonds. The molecule has 29 heavy (non-hydrogen) atoms. The van der Waals surface area contributed by atoms with Crippen molar-refractivity contribution in [2.45, 2.75) is 24.9 Å². The van der Waals surface area contributed by atoms with Crippen molar-refractivity contribution in [3.8, 4) is 0 Å². The summed E-state index contributed by atoms with van der Waals surface area (Å²) in [6.07, 6.45) is 3.28. The molecule has 0 saturated carbocycles. The van der Waals surface area contributed by atoms with Crippen molar-refractivity contribution in [3.63, 3.8) is 0 Å². The molecule has 8 heteroatoms. The summed E-state index contributed by atoms with van der Waals surface area (Å²) in [5, 5.41) is 0.410. The third-order valence-corrected chi connectivity index (χ3v) is 5.81. The molecule has 6 nitrogen and oxygen atoms in total. The molecule has 0 bridgehead atoms. The number of carbonyl (C=O) groups excluding carboxylic acids is 1. The van der Waals surface area contributed by atoms with Gasteiger partial charge in [0, 0.05) is 30.5 Å². The van der Waals surface area contributed by atoms with E-state index in [4.69, 9.17) is 11.6 Å². The molecule has 0 radical (unpaired) electrons. The summed E-state index contributed by atoms with van der Waals surface area (Å²) >= 11 is 5.81. The summed E-state index contributed by atoms with van der Waals surface area (Å²) in [5.74, 6) is 0. The molecule has 1 aromatic heterocycles. The first-order chi connectivity index (χ1) is 13.8. The highest BCUT2D eigenvalue weighted by molar-refractivity contribution is 7.90. The minimum Gasteiger partial charge on any atom is -0.315 e. The van der Waals surface area contributed by atoms with Gasteiger partial charge in [0.05, 0.1) is 4.90 Å². The van der Waals surface area contributed by atoms with Crippen molar-refractivity contribution in [3.05, 3.63) is 94.8 Å². The van der Waals surface area contributed by atoms with Gasteiger partial charge in [-0.3, -0.25) is 4.98 Å². The maximum Gasteiger partial charge on any atom is 0.331 e. The standard InChI is InChI=1S/C21H20ClN3O3S/c1-16-4-6-17(7-5-16)14-25(15-18-3-2-12-23-13-18)21(26)24-29(27,28)20-10-8-19(22)9-11-20/h2-13H,14-15H2,1H3,(H,24,26). The number of aryl methyl sites for hydroxylation is 1. The van der Waals surface area contributed by atoms with Crippen LogP contribution in [0.4, 0.5) is 4.79 Å². The van der Waals surface area contributed by atoms with Crippen LogP contribution in [0.3, 0.4) is 0 Å². The molecule has 0 atom stereocenters. The summed E-state index contributed by atoms with van der Waals surface area (Å²) < 4.78 is 27.3. The van der Waals surface area contributed by atoms with Crippen molar-refractivity contribution in [1.29, 1.82) is 0 Å². The lowest BCUT2D eigenvalue weighted by molar-refractivity contribution is 0.198. The van der Waals surface area contributed by atoms with Crippen molar-refractivity contribution >= 4 is 27.7 Å². The number of halogens is 1. The van der Waals surface area contributed by atoms with Gasteiger partial charge in [-0.2, -0.15) is 0 Å². The van der Waals surface area contributed by atoms with Gasteiger partial charge in [0.15, 0.2) is 0 Å². The molecular formula is C21H20ClN3O3S. The summed E-state index contributed by atoms with van der Waals surface area (Å²) in [5.41, 5.74) is 2.78. The highest BCUT2D eigenvalue weighted by Crippen LogP contribution is 2.16. The molecule has 150 valence electrons. The molecule has 1 N–H and O–H groups in total. The minimum absolute atomic E-state index is 0.0353. The lowest BCUT2D eigenvalue weighted by atomic mass is 10.1. The Morgan fingerprint density at radius 2 is 1.66 bits per heavy atom. The monoisotopic (exact) mass is 429 g/mol. The summed E-state index contributed by atoms with van der Waals surface area (Å²) in [6, 6.07) is 16.2. The normalized spacial score (nSPS) is 11.1. The Morgan fingerprint density at radius 3 is 2.28 bits per heavy atom. The van der Waals surface area contributed by atoms with Crippen molar-refractivity contribution in [2.75, 3.05) is 0 Å². The van der Waals surface area contributed by atoms with Crippen LogP contribution in [0.1, 0.15) is 16.7 Å². The Bertz CT molecular complexity index is 1070. The van der Waals surface area contributed by atoms with Gasteiger partial charge in [0.25, 0.3) is 10.0 Å². The molecule has 3 rings (SSSR count). The second-order valence-electron chi connectivity index (χ2n) is 6.57. The molecule has 0 unspecified atom stereocenters. The molecule has 1 heterocycles. The molecule has 0 fully saturated rings. The van der Waals surface area contributed by atoms with Crippen LogP contribution in [0.5, 0.6) is 0 Å². The summed E-state index contributed by atoms with van der Waals surface area (Å²) in [7, 11) is -4.03. The number of nitrogens with one attached hydrogen (secondary N) is 1. The van der Waals surface area contributed by atoms with Gasteiger partial charge in [0.2, 0.25) is 0 Å². The Morgan fingerprint density at radius 1 is 1.00 bits per heavy atom. The molecule has 0 aliphatic carbocycles. The zero-order chi connectivity index (χ0) is 20.9. The lowest BCUT2D eigenvalue weighted by Crippen LogP contribution is -2.42. The van der Waals surface area contributed by atoms with E-state index < -0.39 is 16.1 Å². The van der Waals surface area contributed by atoms with E-state index in [1.807, 2.05) is 37.3 Å². The molecule has 0 saturated heterocycles. The number of amides is 2. The van der Waals surface area contributed by atoms with E-state index in [2.05, 4.69) is 9.71 Å². The number of hydrogen-bond acceptors (Lipinski definition) is 4. The third kappa shape index (κ3) is 5.79. The molecule has 0 aliphatic rings. The molecule has 0 aliphatic heterocycles. The van der Waals surface area contributed by atoms with E-state index in [0.717, 1.165) is 16.7 Å². The largest absolute Gasteiger partial charge is 0.331 e. The Labute approximate surface area is 175 Å². The number of rotatable bonds is 6. The first-order valence-corrected chi connectivity index (χ1v) is 10.7. The number of sulfonamides is 1. The maximum atomic E-state index is 12.9. The van der Waals surface area contributed by atoms with E-state index in [0.29, 0.717) is 5.02 Å². The molecular weight excluding hydrogens is 410 g/mol. The average Bonchev–Trinajstić information content (AvgIpc) is 2.70. The summed E-state index contributed by atoms with van der Waals surface area (Å²) in [4.78, 5) is 18.3. The molecule has 2 aromatic carbocycles. The smallest absolute Gasteiger partial charge is 0.315 e. The van der Waals surface area contributed by atoms with Crippen LogP contribution < -0.4 is 4.72 Å². The second kappa shape index (κ2) is 9.07. The fourth-order valence-electron chi connectivity index (χ4n) is 2.68. The predicted molar refractivity (Wildman–Crippen MR) is 112 cm³/mol. The van der Waals surface area contributed by atoms with Crippen LogP contribution in [-0.4, -0.2) is 24.3 Å². The number of aromatic nitrogens is 1. The first-order valence-electron chi connectivity index (χ1n) is 8.85. The van der Waals surface area contributed by atoms with Gasteiger partial charge in [0.1, 0.15) is 0 Å². The van der Waals surface area contributed by atoms with E-state index in [1.54, 1.807) is 18.5 Å². The zero-order valence-corrected chi connectivity index (χ0v) is 17.3. The van der Waals surface area contributed by atoms with Crippen LogP contribution in [0.2, 0.25) is 5.02 Å². The van der Waals surface area contributed by atoms with Gasteiger partial charge in [-0.05, 0) is 48.4 Å². The predicted octanol–water partition coefficient (Wildman–Crippen LogP) is 4.14. The van der Waals surface area contributed by atoms with E-state index in [9.17, 15) is 13.2 Å². The highest BCUT2D eigenvalue weighted by atomic mass is 35.5. The zero-order valence-electron chi connectivity index (χ0n) is 15.7. The quantitative estimate of drug-likeness (QED) is 0.638. The maximum absolute atomic E-state index is 12.9. The highest BCUT2D eigenvalue weighted by Gasteiger charge is 2.22. The minimum atomic E-state index is -4.03. The van der Waals surface area contributed by atoms with Gasteiger partial charge >= 0.3 is 6.03 Å². The fourth-order valence-corrected chi connectivity index (χ4v) is 3.77. The van der Waals surface area contributed by atoms with Gasteiger partial charge in [-0.25, -0.2) is 17.9 Å². The van der Waals surface area contributed by atoms with Crippen molar-refractivity contribution in [1.82, 2.24) is 14.6 Å². The van der Waals surface area contributed by atoms with Crippen LogP contribution in [0.15, 0.2) is 78.0 Å². The van der Waals surface area contributed by atoms with Crippen LogP contribution >= 0.6 is 11.6 Å². The molecule has 0 spiro atoms. The number of pyridine rings is 1. The van der Waals surface area contributed by atoms with E-state index in [1.165, 1.54) is 29.2 Å². The average molecular weight is 430 g/mol. The van der Waals surface area contributed by atoms with E-state index in [-0.39, 0.29) is 18.0 Å². The third-order valence-electron chi connectivity index (χ3n) is 4.22. The number of nitrogens with zero attached hydrogens (tertiary/aromatic N) is 2. The van der Waals surface area contributed by atoms with Gasteiger partial charge in [-0.1, -0.05) is 47.5 Å². The number of urea groups is 1. The molecule has 3 aromatic rings. The number of benzene rings is 2. The van der Waals surface area contributed by atoms with E-state index >= 15 is 0 Å². The topological polar surface area (TPSA) is 79.4 Å². The van der Waals surface area contributed by atoms with Crippen molar-refractivity contribution in [2.24, 2.45) is 0 Å². The van der Waals surface area contributed by atoms with Crippen LogP contribution in [-0.2, 0) is 23.1 Å². The van der Waals surface area contributed by atoms with Gasteiger partial charge < -0.3 is 4.90 Å². The van der Waals surface area contributed by atoms with Crippen LogP contribution in [0, 0.1) is 6.92 Å². The summed E-state index contributed by atoms with van der Waals surface area (Å²) in [6.45, 7) is 2.43. The van der Waals surface area contributed by atoms with Crippen LogP contribution in [0.25, 0.3) is 0 Å². The second-order valence-corrected chi connectivity index (χ2v) is 8.69. The Kier molecular flexibility index (Phi) is 6.51. The fraction of sp³-hybridized carbons (Fsp3) is 0.143. The Hall–Kier alpha value is -2.90. The SMILES string of the molecule is Cc1ccc(CN(Cc2cccnc2)C(=O)NS(=O)(=O)c2ccc(Cl)cc2)cc1. The number of hydrogen-bond donors (Lipinski definition) is 1.